The summed E-state index contributed by atoms with van der Waals surface area (Å²) in [5.74, 6) is 2.56. The van der Waals surface area contributed by atoms with Crippen LogP contribution in [-0.4, -0.2) is 33.5 Å². The smallest absolute Gasteiger partial charge is 0.227 e. The Bertz CT molecular complexity index is 950. The maximum atomic E-state index is 11.2. The van der Waals surface area contributed by atoms with Gasteiger partial charge in [-0.1, -0.05) is 53.7 Å². The molecule has 9 heteroatoms. The first-order valence-electron chi connectivity index (χ1n) is 8.39. The average molecular weight is 435 g/mol. The van der Waals surface area contributed by atoms with E-state index in [0.29, 0.717) is 21.7 Å². The lowest BCUT2D eigenvalue weighted by Gasteiger charge is -2.14. The summed E-state index contributed by atoms with van der Waals surface area (Å²) in [6.07, 6.45) is 0. The van der Waals surface area contributed by atoms with E-state index >= 15 is 0 Å². The minimum atomic E-state index is -0.419. The van der Waals surface area contributed by atoms with Crippen molar-refractivity contribution in [3.05, 3.63) is 64.9 Å². The summed E-state index contributed by atoms with van der Waals surface area (Å²) in [5.41, 5.74) is 7.26. The van der Waals surface area contributed by atoms with Crippen LogP contribution in [-0.2, 0) is 16.3 Å². The average Bonchev–Trinajstić information content (AvgIpc) is 3.09. The van der Waals surface area contributed by atoms with Crippen LogP contribution in [0.15, 0.2) is 53.7 Å². The van der Waals surface area contributed by atoms with E-state index in [2.05, 4.69) is 22.3 Å². The number of methoxy groups -OCH3 is 1. The fourth-order valence-electron chi connectivity index (χ4n) is 2.54. The Morgan fingerprint density at radius 1 is 1.18 bits per heavy atom. The molecule has 0 saturated carbocycles. The van der Waals surface area contributed by atoms with Crippen LogP contribution in [0.1, 0.15) is 11.4 Å². The molecule has 1 heterocycles. The van der Waals surface area contributed by atoms with Gasteiger partial charge in [0.05, 0.1) is 24.3 Å². The highest BCUT2D eigenvalue weighted by Crippen LogP contribution is 2.32. The van der Waals surface area contributed by atoms with E-state index in [9.17, 15) is 4.79 Å². The van der Waals surface area contributed by atoms with Crippen molar-refractivity contribution in [3.63, 3.8) is 0 Å². The quantitative estimate of drug-likeness (QED) is 0.513. The number of halogens is 1. The van der Waals surface area contributed by atoms with Gasteiger partial charge in [0, 0.05) is 10.8 Å². The highest BCUT2D eigenvalue weighted by atomic mass is 35.5. The molecule has 0 atom stereocenters. The van der Waals surface area contributed by atoms with Crippen molar-refractivity contribution in [2.24, 2.45) is 5.73 Å². The van der Waals surface area contributed by atoms with Gasteiger partial charge in [0.15, 0.2) is 5.16 Å². The van der Waals surface area contributed by atoms with E-state index < -0.39 is 5.91 Å². The number of rotatable bonds is 9. The van der Waals surface area contributed by atoms with Crippen molar-refractivity contribution in [2.45, 2.75) is 16.7 Å². The first kappa shape index (κ1) is 20.6. The first-order chi connectivity index (χ1) is 13.6. The van der Waals surface area contributed by atoms with Gasteiger partial charge in [-0.25, -0.2) is 0 Å². The van der Waals surface area contributed by atoms with E-state index in [1.807, 2.05) is 22.8 Å². The molecule has 0 aliphatic carbocycles. The molecule has 3 aromatic rings. The van der Waals surface area contributed by atoms with Crippen LogP contribution in [0.2, 0.25) is 5.02 Å². The van der Waals surface area contributed by atoms with E-state index in [4.69, 9.17) is 22.1 Å². The van der Waals surface area contributed by atoms with Crippen molar-refractivity contribution in [2.75, 3.05) is 12.9 Å². The number of nitrogens with two attached hydrogens (primary N) is 1. The Labute approximate surface area is 176 Å². The Hall–Kier alpha value is -2.16. The number of carbonyl (C=O) groups excluding carboxylic acids is 1. The highest BCUT2D eigenvalue weighted by Gasteiger charge is 2.19. The van der Waals surface area contributed by atoms with Gasteiger partial charge in [0.25, 0.3) is 0 Å². The lowest BCUT2D eigenvalue weighted by atomic mass is 10.2. The normalized spacial score (nSPS) is 10.8. The second kappa shape index (κ2) is 9.86. The molecule has 28 heavy (non-hydrogen) atoms. The molecule has 0 saturated heterocycles. The summed E-state index contributed by atoms with van der Waals surface area (Å²) in [5, 5.41) is 9.71. The molecular weight excluding hydrogens is 416 g/mol. The van der Waals surface area contributed by atoms with E-state index in [0.717, 1.165) is 17.3 Å². The zero-order valence-corrected chi connectivity index (χ0v) is 17.6. The van der Waals surface area contributed by atoms with Crippen LogP contribution in [0.25, 0.3) is 5.69 Å². The SMILES string of the molecule is COc1ccc(Cl)cc1-n1c(CSCc2ccccc2)nnc1SCC(N)=O. The molecule has 146 valence electrons. The van der Waals surface area contributed by atoms with Crippen LogP contribution in [0.3, 0.4) is 0 Å². The maximum Gasteiger partial charge on any atom is 0.227 e. The van der Waals surface area contributed by atoms with Crippen LogP contribution < -0.4 is 10.5 Å². The van der Waals surface area contributed by atoms with Crippen molar-refractivity contribution in [1.82, 2.24) is 14.8 Å². The monoisotopic (exact) mass is 434 g/mol. The molecule has 0 bridgehead atoms. The van der Waals surface area contributed by atoms with Gasteiger partial charge in [-0.05, 0) is 23.8 Å². The van der Waals surface area contributed by atoms with Crippen molar-refractivity contribution < 1.29 is 9.53 Å². The fraction of sp³-hybridized carbons (Fsp3) is 0.211. The second-order valence-electron chi connectivity index (χ2n) is 5.78. The zero-order valence-electron chi connectivity index (χ0n) is 15.2. The third kappa shape index (κ3) is 5.21. The number of amides is 1. The highest BCUT2D eigenvalue weighted by molar-refractivity contribution is 7.99. The second-order valence-corrected chi connectivity index (χ2v) is 8.15. The number of hydrogen-bond acceptors (Lipinski definition) is 6. The maximum absolute atomic E-state index is 11.2. The Kier molecular flexibility index (Phi) is 7.24. The summed E-state index contributed by atoms with van der Waals surface area (Å²) in [4.78, 5) is 11.2. The summed E-state index contributed by atoms with van der Waals surface area (Å²) >= 11 is 9.17. The van der Waals surface area contributed by atoms with Crippen LogP contribution in [0.5, 0.6) is 5.75 Å². The van der Waals surface area contributed by atoms with Gasteiger partial charge in [0.2, 0.25) is 5.91 Å². The minimum absolute atomic E-state index is 0.109. The standard InChI is InChI=1S/C19H19ClN4O2S2/c1-26-16-8-7-14(20)9-15(16)24-18(22-23-19(24)28-11-17(21)25)12-27-10-13-5-3-2-4-6-13/h2-9H,10-12H2,1H3,(H2,21,25). The molecular formula is C19H19ClN4O2S2. The topological polar surface area (TPSA) is 83.0 Å². The molecule has 0 aliphatic rings. The van der Waals surface area contributed by atoms with Crippen LogP contribution >= 0.6 is 35.1 Å². The predicted molar refractivity (Wildman–Crippen MR) is 114 cm³/mol. The lowest BCUT2D eigenvalue weighted by Crippen LogP contribution is -2.14. The molecule has 0 spiro atoms. The molecule has 6 nitrogen and oxygen atoms in total. The molecule has 0 fully saturated rings. The number of primary amides is 1. The van der Waals surface area contributed by atoms with Gasteiger partial charge in [0.1, 0.15) is 11.6 Å². The van der Waals surface area contributed by atoms with E-state index in [-0.39, 0.29) is 5.75 Å². The van der Waals surface area contributed by atoms with Crippen molar-refractivity contribution >= 4 is 41.0 Å². The summed E-state index contributed by atoms with van der Waals surface area (Å²) in [6, 6.07) is 15.6. The summed E-state index contributed by atoms with van der Waals surface area (Å²) in [6.45, 7) is 0. The molecule has 1 amide bonds. The molecule has 2 N–H and O–H groups in total. The van der Waals surface area contributed by atoms with E-state index in [1.165, 1.54) is 17.3 Å². The number of aromatic nitrogens is 3. The van der Waals surface area contributed by atoms with Gasteiger partial charge in [-0.15, -0.1) is 22.0 Å². The third-order valence-corrected chi connectivity index (χ3v) is 5.95. The number of carbonyl (C=O) groups is 1. The Morgan fingerprint density at radius 2 is 1.96 bits per heavy atom. The molecule has 0 aliphatic heterocycles. The lowest BCUT2D eigenvalue weighted by molar-refractivity contribution is -0.115. The molecule has 0 radical (unpaired) electrons. The summed E-state index contributed by atoms with van der Waals surface area (Å²) < 4.78 is 7.36. The van der Waals surface area contributed by atoms with Gasteiger partial charge in [-0.2, -0.15) is 0 Å². The third-order valence-electron chi connectivity index (χ3n) is 3.77. The number of thioether (sulfide) groups is 2. The summed E-state index contributed by atoms with van der Waals surface area (Å²) in [7, 11) is 1.59. The van der Waals surface area contributed by atoms with Gasteiger partial charge >= 0.3 is 0 Å². The molecule has 1 aromatic heterocycles. The Balaban J connectivity index is 1.89. The predicted octanol–water partition coefficient (Wildman–Crippen LogP) is 3.94. The number of nitrogens with zero attached hydrogens (tertiary/aromatic N) is 3. The first-order valence-corrected chi connectivity index (χ1v) is 10.9. The van der Waals surface area contributed by atoms with Crippen LogP contribution in [0.4, 0.5) is 0 Å². The largest absolute Gasteiger partial charge is 0.495 e. The zero-order chi connectivity index (χ0) is 19.9. The van der Waals surface area contributed by atoms with Gasteiger partial charge < -0.3 is 10.5 Å². The number of hydrogen-bond donors (Lipinski definition) is 1. The van der Waals surface area contributed by atoms with Crippen molar-refractivity contribution in [1.29, 1.82) is 0 Å². The van der Waals surface area contributed by atoms with E-state index in [1.54, 1.807) is 37.1 Å². The fourth-order valence-corrected chi connectivity index (χ4v) is 4.31. The number of benzene rings is 2. The van der Waals surface area contributed by atoms with Gasteiger partial charge in [-0.3, -0.25) is 9.36 Å². The molecule has 0 unspecified atom stereocenters. The minimum Gasteiger partial charge on any atom is -0.495 e. The molecule has 3 rings (SSSR count). The van der Waals surface area contributed by atoms with Crippen molar-refractivity contribution in [3.8, 4) is 11.4 Å². The number of ether oxygens (including phenoxy) is 1. The van der Waals surface area contributed by atoms with Crippen LogP contribution in [0, 0.1) is 0 Å². The molecule has 2 aromatic carbocycles. The Morgan fingerprint density at radius 3 is 2.68 bits per heavy atom.